The molecule has 0 fully saturated rings. The number of nitrogens with one attached hydrogen (secondary N) is 1. The Morgan fingerprint density at radius 3 is 2.50 bits per heavy atom. The molecule has 3 N–H and O–H groups in total. The van der Waals surface area contributed by atoms with E-state index in [4.69, 9.17) is 5.73 Å². The van der Waals surface area contributed by atoms with Gasteiger partial charge >= 0.3 is 0 Å². The second-order valence-corrected chi connectivity index (χ2v) is 8.88. The van der Waals surface area contributed by atoms with Crippen molar-refractivity contribution in [3.05, 3.63) is 126 Å². The lowest BCUT2D eigenvalue weighted by Gasteiger charge is -2.13. The quantitative estimate of drug-likeness (QED) is 0.237. The highest BCUT2D eigenvalue weighted by Crippen LogP contribution is 2.35. The van der Waals surface area contributed by atoms with Gasteiger partial charge in [-0.1, -0.05) is 85.0 Å². The van der Waals surface area contributed by atoms with Gasteiger partial charge in [-0.05, 0) is 87.9 Å². The van der Waals surface area contributed by atoms with Crippen molar-refractivity contribution >= 4 is 27.1 Å². The summed E-state index contributed by atoms with van der Waals surface area (Å²) in [5.74, 6) is 0. The van der Waals surface area contributed by atoms with E-state index in [0.29, 0.717) is 6.54 Å². The van der Waals surface area contributed by atoms with Gasteiger partial charge in [-0.15, -0.1) is 0 Å². The highest BCUT2D eigenvalue weighted by Gasteiger charge is 2.09. The minimum atomic E-state index is 0.659. The average Bonchev–Trinajstić information content (AvgIpc) is 2.90. The van der Waals surface area contributed by atoms with Crippen molar-refractivity contribution in [1.29, 1.82) is 0 Å². The van der Waals surface area contributed by atoms with E-state index in [-0.39, 0.29) is 0 Å². The summed E-state index contributed by atoms with van der Waals surface area (Å²) < 4.78 is 0. The molecule has 0 unspecified atom stereocenters. The Morgan fingerprint density at radius 2 is 1.68 bits per heavy atom. The fourth-order valence-corrected chi connectivity index (χ4v) is 4.58. The molecular formula is C32H30N2. The Balaban J connectivity index is 1.44. The zero-order valence-electron chi connectivity index (χ0n) is 19.6. The number of nitrogens with two attached hydrogens (primary N) is 1. The lowest BCUT2D eigenvalue weighted by atomic mass is 9.92. The van der Waals surface area contributed by atoms with Crippen LogP contribution in [-0.4, -0.2) is 6.54 Å². The van der Waals surface area contributed by atoms with Crippen molar-refractivity contribution in [1.82, 2.24) is 5.32 Å². The van der Waals surface area contributed by atoms with Crippen LogP contribution in [0.25, 0.3) is 38.2 Å². The summed E-state index contributed by atoms with van der Waals surface area (Å²) in [4.78, 5) is 0. The number of hydrogen-bond donors (Lipinski definition) is 2. The molecule has 0 heterocycles. The van der Waals surface area contributed by atoms with E-state index < -0.39 is 0 Å². The zero-order valence-corrected chi connectivity index (χ0v) is 19.6. The van der Waals surface area contributed by atoms with Crippen LogP contribution in [0.1, 0.15) is 25.3 Å². The van der Waals surface area contributed by atoms with E-state index in [0.717, 1.165) is 18.5 Å². The maximum atomic E-state index is 6.26. The molecule has 1 aliphatic rings. The Bertz CT molecular complexity index is 1470. The summed E-state index contributed by atoms with van der Waals surface area (Å²) >= 11 is 0. The predicted octanol–water partition coefficient (Wildman–Crippen LogP) is 7.73. The number of fused-ring (bicyclic) bond motifs is 3. The largest absolute Gasteiger partial charge is 0.401 e. The van der Waals surface area contributed by atoms with Gasteiger partial charge < -0.3 is 11.1 Å². The van der Waals surface area contributed by atoms with Gasteiger partial charge in [-0.2, -0.15) is 0 Å². The standard InChI is InChI=1S/C32H30N2/c1-23(18-19-27(33)22-34-28-13-3-2-4-14-28)24-11-9-12-25(20-24)32-21-26-10-5-6-15-29(26)30-16-7-8-17-31(30)32/h2-3,5-13,15-21,34H,4,14,22,33H2,1H3/b23-18+,27-19+. The maximum absolute atomic E-state index is 6.26. The molecule has 34 heavy (non-hydrogen) atoms. The van der Waals surface area contributed by atoms with Crippen molar-refractivity contribution < 1.29 is 0 Å². The monoisotopic (exact) mass is 442 g/mol. The highest BCUT2D eigenvalue weighted by atomic mass is 14.9. The molecule has 0 atom stereocenters. The Kier molecular flexibility index (Phi) is 6.31. The van der Waals surface area contributed by atoms with E-state index in [1.807, 2.05) is 6.08 Å². The van der Waals surface area contributed by atoms with Gasteiger partial charge in [0.15, 0.2) is 0 Å². The number of rotatable bonds is 6. The molecule has 2 heteroatoms. The van der Waals surface area contributed by atoms with E-state index in [2.05, 4.69) is 115 Å². The molecule has 0 spiro atoms. The number of allylic oxidation sites excluding steroid dienone is 7. The van der Waals surface area contributed by atoms with Crippen LogP contribution in [0.15, 0.2) is 121 Å². The molecule has 0 bridgehead atoms. The first kappa shape index (κ1) is 21.8. The van der Waals surface area contributed by atoms with Gasteiger partial charge in [0, 0.05) is 11.4 Å². The van der Waals surface area contributed by atoms with Crippen LogP contribution >= 0.6 is 0 Å². The summed E-state index contributed by atoms with van der Waals surface area (Å²) in [5, 5.41) is 8.56. The molecule has 1 aliphatic carbocycles. The molecule has 2 nitrogen and oxygen atoms in total. The molecule has 0 radical (unpaired) electrons. The summed E-state index contributed by atoms with van der Waals surface area (Å²) in [6.45, 7) is 2.80. The van der Waals surface area contributed by atoms with Crippen molar-refractivity contribution in [2.24, 2.45) is 5.73 Å². The van der Waals surface area contributed by atoms with Crippen molar-refractivity contribution in [3.8, 4) is 11.1 Å². The van der Waals surface area contributed by atoms with Crippen molar-refractivity contribution in [2.45, 2.75) is 19.8 Å². The van der Waals surface area contributed by atoms with E-state index in [9.17, 15) is 0 Å². The molecule has 0 aromatic heterocycles. The predicted molar refractivity (Wildman–Crippen MR) is 147 cm³/mol. The van der Waals surface area contributed by atoms with Gasteiger partial charge in [0.2, 0.25) is 0 Å². The fraction of sp³-hybridized carbons (Fsp3) is 0.125. The van der Waals surface area contributed by atoms with Gasteiger partial charge in [0.1, 0.15) is 0 Å². The lowest BCUT2D eigenvalue weighted by Crippen LogP contribution is -2.20. The molecular weight excluding hydrogens is 412 g/mol. The van der Waals surface area contributed by atoms with Gasteiger partial charge in [0.25, 0.3) is 0 Å². The molecule has 168 valence electrons. The zero-order chi connectivity index (χ0) is 23.3. The summed E-state index contributed by atoms with van der Waals surface area (Å²) in [7, 11) is 0. The first-order valence-corrected chi connectivity index (χ1v) is 11.9. The lowest BCUT2D eigenvalue weighted by molar-refractivity contribution is 0.781. The first-order valence-electron chi connectivity index (χ1n) is 11.9. The molecule has 4 aromatic rings. The molecule has 5 rings (SSSR count). The van der Waals surface area contributed by atoms with Crippen LogP contribution < -0.4 is 11.1 Å². The average molecular weight is 443 g/mol. The SMILES string of the molecule is C/C(=C\C=C(\N)CNC1=CC=CCC1)c1cccc(-c2cc3ccccc3c3ccccc23)c1. The number of hydrogen-bond acceptors (Lipinski definition) is 2. The Hall–Kier alpha value is -4.04. The highest BCUT2D eigenvalue weighted by molar-refractivity contribution is 6.13. The summed E-state index contributed by atoms with van der Waals surface area (Å²) in [5.41, 5.74) is 13.2. The minimum absolute atomic E-state index is 0.659. The second kappa shape index (κ2) is 9.84. The van der Waals surface area contributed by atoms with E-state index in [1.165, 1.54) is 49.5 Å². The minimum Gasteiger partial charge on any atom is -0.401 e. The van der Waals surface area contributed by atoms with Gasteiger partial charge in [-0.25, -0.2) is 0 Å². The Morgan fingerprint density at radius 1 is 0.882 bits per heavy atom. The third-order valence-electron chi connectivity index (χ3n) is 6.48. The van der Waals surface area contributed by atoms with Crippen molar-refractivity contribution in [3.63, 3.8) is 0 Å². The third kappa shape index (κ3) is 4.67. The molecule has 0 saturated heterocycles. The smallest absolute Gasteiger partial charge is 0.0542 e. The van der Waals surface area contributed by atoms with Crippen LogP contribution in [-0.2, 0) is 0 Å². The van der Waals surface area contributed by atoms with Crippen LogP contribution in [0, 0.1) is 0 Å². The van der Waals surface area contributed by atoms with E-state index >= 15 is 0 Å². The van der Waals surface area contributed by atoms with E-state index in [1.54, 1.807) is 0 Å². The molecule has 4 aromatic carbocycles. The normalized spacial score (nSPS) is 14.4. The maximum Gasteiger partial charge on any atom is 0.0542 e. The molecule has 0 amide bonds. The van der Waals surface area contributed by atoms with Crippen LogP contribution in [0.5, 0.6) is 0 Å². The van der Waals surface area contributed by atoms with Crippen LogP contribution in [0.3, 0.4) is 0 Å². The van der Waals surface area contributed by atoms with Crippen LogP contribution in [0.4, 0.5) is 0 Å². The summed E-state index contributed by atoms with van der Waals surface area (Å²) in [6.07, 6.45) is 12.7. The Labute approximate surface area is 201 Å². The first-order chi connectivity index (χ1) is 16.7. The van der Waals surface area contributed by atoms with Crippen molar-refractivity contribution in [2.75, 3.05) is 6.54 Å². The molecule has 0 aliphatic heterocycles. The van der Waals surface area contributed by atoms with Crippen LogP contribution in [0.2, 0.25) is 0 Å². The third-order valence-corrected chi connectivity index (χ3v) is 6.48. The van der Waals surface area contributed by atoms with Gasteiger partial charge in [-0.3, -0.25) is 0 Å². The topological polar surface area (TPSA) is 38.0 Å². The molecule has 0 saturated carbocycles. The summed E-state index contributed by atoms with van der Waals surface area (Å²) in [6, 6.07) is 28.4. The fourth-order valence-electron chi connectivity index (χ4n) is 4.58. The number of benzene rings is 4. The van der Waals surface area contributed by atoms with Gasteiger partial charge in [0.05, 0.1) is 6.54 Å². The second-order valence-electron chi connectivity index (χ2n) is 8.88.